The summed E-state index contributed by atoms with van der Waals surface area (Å²) in [4.78, 5) is 18.6. The Balaban J connectivity index is 2.23. The molecule has 0 bridgehead atoms. The number of aromatic nitrogens is 2. The molecule has 0 spiro atoms. The summed E-state index contributed by atoms with van der Waals surface area (Å²) >= 11 is 0. The number of benzene rings is 2. The lowest BCUT2D eigenvalue weighted by atomic mass is 10.1. The molecule has 0 unspecified atom stereocenters. The summed E-state index contributed by atoms with van der Waals surface area (Å²) in [7, 11) is 0. The lowest BCUT2D eigenvalue weighted by Gasteiger charge is -2.01. The van der Waals surface area contributed by atoms with Crippen molar-refractivity contribution >= 4 is 17.0 Å². The predicted octanol–water partition coefficient (Wildman–Crippen LogP) is 3.38. The molecule has 0 saturated carbocycles. The Hall–Kier alpha value is -2.69. The van der Waals surface area contributed by atoms with Crippen LogP contribution in [0.1, 0.15) is 15.9 Å². The molecule has 100 valence electrons. The van der Waals surface area contributed by atoms with Crippen LogP contribution in [0.3, 0.4) is 0 Å². The second-order valence-electron chi connectivity index (χ2n) is 4.55. The fraction of sp³-hybridized carbons (Fsp3) is 0.0667. The number of hydrogen-bond acceptors (Lipinski definition) is 2. The van der Waals surface area contributed by atoms with Crippen LogP contribution in [0, 0.1) is 12.7 Å². The van der Waals surface area contributed by atoms with Crippen molar-refractivity contribution in [3.05, 3.63) is 53.3 Å². The quantitative estimate of drug-likeness (QED) is 0.750. The lowest BCUT2D eigenvalue weighted by molar-refractivity contribution is 0.0699. The van der Waals surface area contributed by atoms with Crippen LogP contribution in [0.4, 0.5) is 4.39 Å². The highest BCUT2D eigenvalue weighted by atomic mass is 19.1. The van der Waals surface area contributed by atoms with E-state index in [1.54, 1.807) is 25.1 Å². The molecular weight excluding hydrogens is 259 g/mol. The molecule has 1 heterocycles. The summed E-state index contributed by atoms with van der Waals surface area (Å²) in [6.45, 7) is 1.78. The second-order valence-corrected chi connectivity index (χ2v) is 4.55. The number of aromatic carboxylic acids is 1. The number of aryl methyl sites for hydroxylation is 1. The van der Waals surface area contributed by atoms with E-state index in [2.05, 4.69) is 9.97 Å². The number of para-hydroxylation sites is 1. The van der Waals surface area contributed by atoms with Gasteiger partial charge in [-0.15, -0.1) is 0 Å². The van der Waals surface area contributed by atoms with Crippen LogP contribution in [0.25, 0.3) is 22.4 Å². The Kier molecular flexibility index (Phi) is 2.75. The highest BCUT2D eigenvalue weighted by Gasteiger charge is 2.14. The summed E-state index contributed by atoms with van der Waals surface area (Å²) in [5.41, 5.74) is 2.67. The molecule has 0 fully saturated rings. The van der Waals surface area contributed by atoms with Crippen molar-refractivity contribution < 1.29 is 14.3 Å². The van der Waals surface area contributed by atoms with Crippen molar-refractivity contribution in [1.82, 2.24) is 9.97 Å². The van der Waals surface area contributed by atoms with E-state index < -0.39 is 5.97 Å². The zero-order valence-electron chi connectivity index (χ0n) is 10.6. The van der Waals surface area contributed by atoms with Crippen molar-refractivity contribution in [3.8, 4) is 11.4 Å². The number of halogens is 1. The molecule has 0 amide bonds. The first-order valence-electron chi connectivity index (χ1n) is 6.05. The van der Waals surface area contributed by atoms with Gasteiger partial charge in [-0.05, 0) is 42.8 Å². The van der Waals surface area contributed by atoms with Gasteiger partial charge in [-0.2, -0.15) is 0 Å². The molecule has 0 aliphatic carbocycles. The average molecular weight is 270 g/mol. The Morgan fingerprint density at radius 1 is 1.30 bits per heavy atom. The number of carbonyl (C=O) groups is 1. The third-order valence-corrected chi connectivity index (χ3v) is 3.19. The van der Waals surface area contributed by atoms with E-state index in [1.165, 1.54) is 18.2 Å². The number of rotatable bonds is 2. The topological polar surface area (TPSA) is 66.0 Å². The van der Waals surface area contributed by atoms with Gasteiger partial charge in [0.1, 0.15) is 17.2 Å². The third kappa shape index (κ3) is 1.93. The maximum Gasteiger partial charge on any atom is 0.337 e. The number of carboxylic acids is 1. The molecule has 1 aromatic heterocycles. The minimum absolute atomic E-state index is 0.143. The van der Waals surface area contributed by atoms with E-state index in [0.29, 0.717) is 16.9 Å². The van der Waals surface area contributed by atoms with E-state index in [-0.39, 0.29) is 11.4 Å². The van der Waals surface area contributed by atoms with Crippen molar-refractivity contribution in [2.75, 3.05) is 0 Å². The van der Waals surface area contributed by atoms with Crippen molar-refractivity contribution in [3.63, 3.8) is 0 Å². The largest absolute Gasteiger partial charge is 0.478 e. The fourth-order valence-corrected chi connectivity index (χ4v) is 2.23. The number of nitrogens with zero attached hydrogens (tertiary/aromatic N) is 1. The normalized spacial score (nSPS) is 10.9. The monoisotopic (exact) mass is 270 g/mol. The fourth-order valence-electron chi connectivity index (χ4n) is 2.23. The van der Waals surface area contributed by atoms with Gasteiger partial charge in [-0.25, -0.2) is 14.2 Å². The minimum Gasteiger partial charge on any atom is -0.478 e. The van der Waals surface area contributed by atoms with Gasteiger partial charge in [-0.3, -0.25) is 0 Å². The number of H-pyrrole nitrogens is 1. The van der Waals surface area contributed by atoms with Gasteiger partial charge >= 0.3 is 5.97 Å². The van der Waals surface area contributed by atoms with E-state index in [9.17, 15) is 9.18 Å². The first kappa shape index (κ1) is 12.3. The van der Waals surface area contributed by atoms with Crippen LogP contribution in [0.2, 0.25) is 0 Å². The van der Waals surface area contributed by atoms with Gasteiger partial charge in [0.15, 0.2) is 0 Å². The van der Waals surface area contributed by atoms with Gasteiger partial charge in [-0.1, -0.05) is 6.07 Å². The van der Waals surface area contributed by atoms with Crippen LogP contribution < -0.4 is 0 Å². The van der Waals surface area contributed by atoms with Crippen molar-refractivity contribution in [2.24, 2.45) is 0 Å². The summed E-state index contributed by atoms with van der Waals surface area (Å²) in [6.07, 6.45) is 0. The van der Waals surface area contributed by atoms with E-state index in [4.69, 9.17) is 5.11 Å². The van der Waals surface area contributed by atoms with Crippen LogP contribution in [-0.2, 0) is 0 Å². The Morgan fingerprint density at radius 2 is 2.10 bits per heavy atom. The molecule has 0 atom stereocenters. The standard InChI is InChI=1S/C15H11FN2O2/c1-8-7-9(16)5-6-10(8)14-17-12-4-2-3-11(15(19)20)13(12)18-14/h2-7H,1H3,(H,17,18)(H,19,20). The maximum atomic E-state index is 13.1. The Bertz CT molecular complexity index is 824. The number of nitrogens with one attached hydrogen (secondary N) is 1. The smallest absolute Gasteiger partial charge is 0.337 e. The molecule has 3 aromatic rings. The van der Waals surface area contributed by atoms with E-state index in [1.807, 2.05) is 0 Å². The number of fused-ring (bicyclic) bond motifs is 1. The van der Waals surface area contributed by atoms with Crippen molar-refractivity contribution in [2.45, 2.75) is 6.92 Å². The molecule has 0 saturated heterocycles. The van der Waals surface area contributed by atoms with E-state index >= 15 is 0 Å². The number of carboxylic acid groups (broad SMARTS) is 1. The van der Waals surface area contributed by atoms with Crippen LogP contribution in [0.15, 0.2) is 36.4 Å². The molecule has 0 radical (unpaired) electrons. The summed E-state index contributed by atoms with van der Waals surface area (Å²) in [6, 6.07) is 9.33. The molecule has 4 nitrogen and oxygen atoms in total. The maximum absolute atomic E-state index is 13.1. The first-order chi connectivity index (χ1) is 9.56. The van der Waals surface area contributed by atoms with Gasteiger partial charge in [0, 0.05) is 5.56 Å². The summed E-state index contributed by atoms with van der Waals surface area (Å²) < 4.78 is 13.1. The SMILES string of the molecule is Cc1cc(F)ccc1-c1nc2c(C(=O)O)cccc2[nH]1. The molecule has 3 rings (SSSR count). The molecule has 0 aliphatic rings. The summed E-state index contributed by atoms with van der Waals surface area (Å²) in [5.74, 6) is -0.802. The molecule has 20 heavy (non-hydrogen) atoms. The molecule has 0 aliphatic heterocycles. The molecule has 5 heteroatoms. The molecule has 2 N–H and O–H groups in total. The van der Waals surface area contributed by atoms with Crippen LogP contribution in [0.5, 0.6) is 0 Å². The average Bonchev–Trinajstić information content (AvgIpc) is 2.81. The minimum atomic E-state index is -1.02. The van der Waals surface area contributed by atoms with Gasteiger partial charge in [0.25, 0.3) is 0 Å². The zero-order chi connectivity index (χ0) is 14.3. The molecule has 2 aromatic carbocycles. The zero-order valence-corrected chi connectivity index (χ0v) is 10.6. The Labute approximate surface area is 113 Å². The van der Waals surface area contributed by atoms with Gasteiger partial charge < -0.3 is 10.1 Å². The second kappa shape index (κ2) is 4.45. The van der Waals surface area contributed by atoms with Gasteiger partial charge in [0.2, 0.25) is 0 Å². The predicted molar refractivity (Wildman–Crippen MR) is 73.2 cm³/mol. The highest BCUT2D eigenvalue weighted by Crippen LogP contribution is 2.25. The van der Waals surface area contributed by atoms with Crippen molar-refractivity contribution in [1.29, 1.82) is 0 Å². The number of aromatic amines is 1. The van der Waals surface area contributed by atoms with E-state index in [0.717, 1.165) is 11.1 Å². The van der Waals surface area contributed by atoms with Crippen LogP contribution in [-0.4, -0.2) is 21.0 Å². The van der Waals surface area contributed by atoms with Crippen LogP contribution >= 0.6 is 0 Å². The molecular formula is C15H11FN2O2. The van der Waals surface area contributed by atoms with Gasteiger partial charge in [0.05, 0.1) is 11.1 Å². The highest BCUT2D eigenvalue weighted by molar-refractivity contribution is 6.01. The summed E-state index contributed by atoms with van der Waals surface area (Å²) in [5, 5.41) is 9.15. The first-order valence-corrected chi connectivity index (χ1v) is 6.05. The number of hydrogen-bond donors (Lipinski definition) is 2. The Morgan fingerprint density at radius 3 is 2.80 bits per heavy atom. The third-order valence-electron chi connectivity index (χ3n) is 3.19. The number of imidazole rings is 1. The lowest BCUT2D eigenvalue weighted by Crippen LogP contribution is -1.96.